The molecule has 168 valence electrons. The number of nitrogens with one attached hydrogen (secondary N) is 1. The molecule has 1 amide bonds. The SMILES string of the molecule is CCN(CC(=O)Nc1ccc(N2CCOCC2)cc1)Cc1coc(-c2cccc(F)c2)n1. The zero-order chi connectivity index (χ0) is 22.3. The minimum Gasteiger partial charge on any atom is -0.444 e. The predicted molar refractivity (Wildman–Crippen MR) is 121 cm³/mol. The Morgan fingerprint density at radius 1 is 1.19 bits per heavy atom. The summed E-state index contributed by atoms with van der Waals surface area (Å²) in [6, 6.07) is 14.0. The quantitative estimate of drug-likeness (QED) is 0.577. The zero-order valence-corrected chi connectivity index (χ0v) is 18.1. The number of carbonyl (C=O) groups excluding carboxylic acids is 1. The van der Waals surface area contributed by atoms with E-state index in [0.717, 1.165) is 37.7 Å². The fourth-order valence-corrected chi connectivity index (χ4v) is 3.62. The lowest BCUT2D eigenvalue weighted by Crippen LogP contribution is -2.36. The van der Waals surface area contributed by atoms with Crippen molar-refractivity contribution >= 4 is 17.3 Å². The van der Waals surface area contributed by atoms with Gasteiger partial charge in [0, 0.05) is 36.6 Å². The van der Waals surface area contributed by atoms with Crippen molar-refractivity contribution in [3.63, 3.8) is 0 Å². The van der Waals surface area contributed by atoms with Gasteiger partial charge in [0.15, 0.2) is 0 Å². The molecule has 1 aliphatic rings. The Morgan fingerprint density at radius 2 is 1.97 bits per heavy atom. The first kappa shape index (κ1) is 22.0. The van der Waals surface area contributed by atoms with Crippen LogP contribution in [0.15, 0.2) is 59.2 Å². The van der Waals surface area contributed by atoms with Crippen LogP contribution in [0.2, 0.25) is 0 Å². The standard InChI is InChI=1S/C24H27FN4O3/c1-2-28(15-21-17-32-24(27-21)18-4-3-5-19(25)14-18)16-23(30)26-20-6-8-22(9-7-20)29-10-12-31-13-11-29/h3-9,14,17H,2,10-13,15-16H2,1H3,(H,26,30). The number of rotatable bonds is 8. The molecule has 1 fully saturated rings. The van der Waals surface area contributed by atoms with Crippen LogP contribution in [0, 0.1) is 5.82 Å². The van der Waals surface area contributed by atoms with Crippen LogP contribution >= 0.6 is 0 Å². The van der Waals surface area contributed by atoms with Crippen molar-refractivity contribution in [2.45, 2.75) is 13.5 Å². The summed E-state index contributed by atoms with van der Waals surface area (Å²) in [5.41, 5.74) is 3.16. The Kier molecular flexibility index (Phi) is 7.14. The first-order valence-electron chi connectivity index (χ1n) is 10.8. The van der Waals surface area contributed by atoms with E-state index in [0.29, 0.717) is 30.2 Å². The lowest BCUT2D eigenvalue weighted by Gasteiger charge is -2.29. The van der Waals surface area contributed by atoms with E-state index in [1.54, 1.807) is 18.4 Å². The maximum Gasteiger partial charge on any atom is 0.238 e. The van der Waals surface area contributed by atoms with E-state index >= 15 is 0 Å². The van der Waals surface area contributed by atoms with Gasteiger partial charge in [-0.05, 0) is 49.0 Å². The molecule has 1 aliphatic heterocycles. The Hall–Kier alpha value is -3.23. The lowest BCUT2D eigenvalue weighted by atomic mass is 10.2. The fourth-order valence-electron chi connectivity index (χ4n) is 3.62. The lowest BCUT2D eigenvalue weighted by molar-refractivity contribution is -0.117. The summed E-state index contributed by atoms with van der Waals surface area (Å²) < 4.78 is 24.3. The van der Waals surface area contributed by atoms with Crippen LogP contribution in [-0.2, 0) is 16.1 Å². The molecule has 7 nitrogen and oxygen atoms in total. The molecule has 2 aromatic carbocycles. The molecule has 1 saturated heterocycles. The van der Waals surface area contributed by atoms with Crippen LogP contribution in [0.1, 0.15) is 12.6 Å². The van der Waals surface area contributed by atoms with E-state index in [-0.39, 0.29) is 18.3 Å². The third-order valence-electron chi connectivity index (χ3n) is 5.35. The van der Waals surface area contributed by atoms with Crippen LogP contribution < -0.4 is 10.2 Å². The highest BCUT2D eigenvalue weighted by Gasteiger charge is 2.15. The highest BCUT2D eigenvalue weighted by atomic mass is 19.1. The number of benzene rings is 2. The van der Waals surface area contributed by atoms with Gasteiger partial charge in [-0.15, -0.1) is 0 Å². The number of hydrogen-bond acceptors (Lipinski definition) is 6. The molecule has 8 heteroatoms. The molecule has 1 aromatic heterocycles. The second-order valence-corrected chi connectivity index (χ2v) is 7.65. The number of carbonyl (C=O) groups is 1. The van der Waals surface area contributed by atoms with Gasteiger partial charge in [-0.3, -0.25) is 9.69 Å². The first-order chi connectivity index (χ1) is 15.6. The third kappa shape index (κ3) is 5.72. The van der Waals surface area contributed by atoms with Gasteiger partial charge in [-0.2, -0.15) is 0 Å². The summed E-state index contributed by atoms with van der Waals surface area (Å²) >= 11 is 0. The topological polar surface area (TPSA) is 70.8 Å². The number of ether oxygens (including phenoxy) is 1. The molecule has 0 bridgehead atoms. The van der Waals surface area contributed by atoms with Crippen LogP contribution in [0.4, 0.5) is 15.8 Å². The summed E-state index contributed by atoms with van der Waals surface area (Å²) in [6.45, 7) is 6.56. The van der Waals surface area contributed by atoms with E-state index in [1.165, 1.54) is 12.1 Å². The number of nitrogens with zero attached hydrogens (tertiary/aromatic N) is 3. The molecule has 0 unspecified atom stereocenters. The summed E-state index contributed by atoms with van der Waals surface area (Å²) in [7, 11) is 0. The van der Waals surface area contributed by atoms with Gasteiger partial charge >= 0.3 is 0 Å². The number of aromatic nitrogens is 1. The molecule has 1 N–H and O–H groups in total. The van der Waals surface area contributed by atoms with E-state index in [1.807, 2.05) is 36.1 Å². The summed E-state index contributed by atoms with van der Waals surface area (Å²) in [4.78, 5) is 21.2. The predicted octanol–water partition coefficient (Wildman–Crippen LogP) is 3.78. The Balaban J connectivity index is 1.31. The van der Waals surface area contributed by atoms with Crippen molar-refractivity contribution in [3.8, 4) is 11.5 Å². The third-order valence-corrected chi connectivity index (χ3v) is 5.35. The molecule has 2 heterocycles. The van der Waals surface area contributed by atoms with Crippen molar-refractivity contribution in [2.75, 3.05) is 49.6 Å². The van der Waals surface area contributed by atoms with Crippen LogP contribution in [0.25, 0.3) is 11.5 Å². The van der Waals surface area contributed by atoms with Crippen molar-refractivity contribution in [2.24, 2.45) is 0 Å². The molecule has 0 aliphatic carbocycles. The highest BCUT2D eigenvalue weighted by Crippen LogP contribution is 2.21. The average molecular weight is 439 g/mol. The minimum atomic E-state index is -0.341. The summed E-state index contributed by atoms with van der Waals surface area (Å²) in [5, 5.41) is 2.95. The number of amides is 1. The second kappa shape index (κ2) is 10.4. The van der Waals surface area contributed by atoms with Crippen LogP contribution in [-0.4, -0.2) is 55.2 Å². The molecule has 32 heavy (non-hydrogen) atoms. The van der Waals surface area contributed by atoms with Gasteiger partial charge in [0.1, 0.15) is 12.1 Å². The molecular weight excluding hydrogens is 411 g/mol. The molecule has 4 rings (SSSR count). The molecule has 0 atom stereocenters. The van der Waals surface area contributed by atoms with Crippen LogP contribution in [0.3, 0.4) is 0 Å². The van der Waals surface area contributed by atoms with Gasteiger partial charge in [-0.25, -0.2) is 9.37 Å². The van der Waals surface area contributed by atoms with Crippen molar-refractivity contribution in [3.05, 3.63) is 66.3 Å². The van der Waals surface area contributed by atoms with Gasteiger partial charge in [0.25, 0.3) is 0 Å². The molecule has 0 radical (unpaired) electrons. The van der Waals surface area contributed by atoms with E-state index in [2.05, 4.69) is 15.2 Å². The molecule has 0 spiro atoms. The van der Waals surface area contributed by atoms with E-state index < -0.39 is 0 Å². The Morgan fingerprint density at radius 3 is 2.69 bits per heavy atom. The normalized spacial score (nSPS) is 14.0. The van der Waals surface area contributed by atoms with E-state index in [9.17, 15) is 9.18 Å². The number of morpholine rings is 1. The average Bonchev–Trinajstić information content (AvgIpc) is 3.28. The Labute approximate surface area is 186 Å². The number of anilines is 2. The highest BCUT2D eigenvalue weighted by molar-refractivity contribution is 5.92. The van der Waals surface area contributed by atoms with Crippen molar-refractivity contribution in [1.29, 1.82) is 0 Å². The smallest absolute Gasteiger partial charge is 0.238 e. The van der Waals surface area contributed by atoms with Gasteiger partial charge < -0.3 is 19.4 Å². The van der Waals surface area contributed by atoms with Gasteiger partial charge in [0.2, 0.25) is 11.8 Å². The van der Waals surface area contributed by atoms with E-state index in [4.69, 9.17) is 9.15 Å². The first-order valence-corrected chi connectivity index (χ1v) is 10.8. The number of likely N-dealkylation sites (N-methyl/N-ethyl adjacent to an activating group) is 1. The van der Waals surface area contributed by atoms with Crippen molar-refractivity contribution in [1.82, 2.24) is 9.88 Å². The number of hydrogen-bond donors (Lipinski definition) is 1. The molecular formula is C24H27FN4O3. The Bertz CT molecular complexity index is 1030. The zero-order valence-electron chi connectivity index (χ0n) is 18.1. The number of oxazole rings is 1. The monoisotopic (exact) mass is 438 g/mol. The maximum atomic E-state index is 13.4. The van der Waals surface area contributed by atoms with Crippen molar-refractivity contribution < 1.29 is 18.3 Å². The maximum absolute atomic E-state index is 13.4. The second-order valence-electron chi connectivity index (χ2n) is 7.65. The number of halogens is 1. The molecule has 0 saturated carbocycles. The van der Waals surface area contributed by atoms with Gasteiger partial charge in [0.05, 0.1) is 25.5 Å². The summed E-state index contributed by atoms with van der Waals surface area (Å²) in [6.07, 6.45) is 1.55. The minimum absolute atomic E-state index is 0.0974. The fraction of sp³-hybridized carbons (Fsp3) is 0.333. The largest absolute Gasteiger partial charge is 0.444 e. The van der Waals surface area contributed by atoms with Gasteiger partial charge in [-0.1, -0.05) is 13.0 Å². The van der Waals surface area contributed by atoms with Crippen LogP contribution in [0.5, 0.6) is 0 Å². The molecule has 3 aromatic rings. The summed E-state index contributed by atoms with van der Waals surface area (Å²) in [5.74, 6) is -0.0766.